The van der Waals surface area contributed by atoms with Gasteiger partial charge in [-0.25, -0.2) is 9.18 Å². The highest BCUT2D eigenvalue weighted by atomic mass is 32.2. The van der Waals surface area contributed by atoms with Gasteiger partial charge in [-0.05, 0) is 24.6 Å². The molecule has 0 amide bonds. The number of hydrogen-bond acceptors (Lipinski definition) is 5. The van der Waals surface area contributed by atoms with E-state index in [4.69, 9.17) is 4.74 Å². The van der Waals surface area contributed by atoms with Crippen LogP contribution < -0.4 is 0 Å². The lowest BCUT2D eigenvalue weighted by Gasteiger charge is -2.05. The molecule has 0 unspecified atom stereocenters. The van der Waals surface area contributed by atoms with Gasteiger partial charge in [0.25, 0.3) is 0 Å². The molecular weight excluding hydrogens is 271 g/mol. The van der Waals surface area contributed by atoms with Crippen molar-refractivity contribution in [3.63, 3.8) is 0 Å². The van der Waals surface area contributed by atoms with Crippen LogP contribution in [0.2, 0.25) is 0 Å². The van der Waals surface area contributed by atoms with Gasteiger partial charge in [-0.2, -0.15) is 0 Å². The Balaban J connectivity index is 2.54. The molecule has 6 heteroatoms. The van der Waals surface area contributed by atoms with Crippen molar-refractivity contribution < 1.29 is 23.5 Å². The number of methoxy groups -OCH3 is 1. The molecule has 4 nitrogen and oxygen atoms in total. The predicted molar refractivity (Wildman–Crippen MR) is 70.5 cm³/mol. The molecule has 0 N–H and O–H groups in total. The van der Waals surface area contributed by atoms with Gasteiger partial charge in [-0.15, -0.1) is 11.8 Å². The molecule has 19 heavy (non-hydrogen) atoms. The minimum atomic E-state index is -0.705. The van der Waals surface area contributed by atoms with Crippen molar-refractivity contribution in [2.45, 2.75) is 12.7 Å². The summed E-state index contributed by atoms with van der Waals surface area (Å²) in [6.45, 7) is 2.09. The van der Waals surface area contributed by atoms with E-state index < -0.39 is 11.8 Å². The third-order valence-corrected chi connectivity index (χ3v) is 3.21. The van der Waals surface area contributed by atoms with Crippen molar-refractivity contribution in [2.75, 3.05) is 19.5 Å². The average Bonchev–Trinajstić information content (AvgIpc) is 2.38. The number of hydrogen-bond donors (Lipinski definition) is 0. The largest absolute Gasteiger partial charge is 0.465 e. The predicted octanol–water partition coefficient (Wildman–Crippen LogP) is 2.41. The summed E-state index contributed by atoms with van der Waals surface area (Å²) in [6.07, 6.45) is 0. The maximum Gasteiger partial charge on any atom is 0.340 e. The molecular formula is C13H15FO4S. The number of thioether (sulfide) groups is 1. The second kappa shape index (κ2) is 7.78. The third kappa shape index (κ3) is 4.90. The minimum Gasteiger partial charge on any atom is -0.465 e. The van der Waals surface area contributed by atoms with Crippen molar-refractivity contribution in [2.24, 2.45) is 0 Å². The van der Waals surface area contributed by atoms with Crippen LogP contribution in [0.1, 0.15) is 22.8 Å². The summed E-state index contributed by atoms with van der Waals surface area (Å²) in [5, 5.41) is 0. The highest BCUT2D eigenvalue weighted by Gasteiger charge is 2.12. The van der Waals surface area contributed by atoms with E-state index in [9.17, 15) is 14.0 Å². The Labute approximate surface area is 115 Å². The molecule has 0 aliphatic carbocycles. The molecule has 0 aliphatic rings. The zero-order valence-electron chi connectivity index (χ0n) is 10.8. The van der Waals surface area contributed by atoms with E-state index in [1.165, 1.54) is 31.0 Å². The number of halogens is 1. The molecule has 0 radical (unpaired) electrons. The Morgan fingerprint density at radius 3 is 2.68 bits per heavy atom. The van der Waals surface area contributed by atoms with Gasteiger partial charge in [0.05, 0.1) is 25.0 Å². The second-order valence-electron chi connectivity index (χ2n) is 3.60. The van der Waals surface area contributed by atoms with Crippen LogP contribution in [-0.4, -0.2) is 31.4 Å². The number of rotatable bonds is 6. The lowest BCUT2D eigenvalue weighted by molar-refractivity contribution is -0.139. The maximum atomic E-state index is 13.6. The van der Waals surface area contributed by atoms with Crippen LogP contribution >= 0.6 is 11.8 Å². The van der Waals surface area contributed by atoms with Crippen molar-refractivity contribution in [3.05, 3.63) is 35.1 Å². The van der Waals surface area contributed by atoms with Gasteiger partial charge in [0.2, 0.25) is 0 Å². The van der Waals surface area contributed by atoms with E-state index in [-0.39, 0.29) is 17.3 Å². The highest BCUT2D eigenvalue weighted by Crippen LogP contribution is 2.17. The Kier molecular flexibility index (Phi) is 6.35. The summed E-state index contributed by atoms with van der Waals surface area (Å²) in [5.74, 6) is -0.936. The molecule has 0 heterocycles. The van der Waals surface area contributed by atoms with E-state index in [2.05, 4.69) is 4.74 Å². The minimum absolute atomic E-state index is 0.0957. The molecule has 1 aromatic carbocycles. The average molecular weight is 286 g/mol. The van der Waals surface area contributed by atoms with Crippen LogP contribution in [0, 0.1) is 5.82 Å². The smallest absolute Gasteiger partial charge is 0.340 e. The molecule has 0 bridgehead atoms. The van der Waals surface area contributed by atoms with Gasteiger partial charge in [-0.1, -0.05) is 6.07 Å². The molecule has 0 atom stereocenters. The first kappa shape index (κ1) is 15.5. The summed E-state index contributed by atoms with van der Waals surface area (Å²) >= 11 is 1.33. The fourth-order valence-electron chi connectivity index (χ4n) is 1.38. The summed E-state index contributed by atoms with van der Waals surface area (Å²) in [7, 11) is 1.20. The molecule has 0 aliphatic heterocycles. The van der Waals surface area contributed by atoms with E-state index in [1.807, 2.05) is 0 Å². The summed E-state index contributed by atoms with van der Waals surface area (Å²) in [5.41, 5.74) is 0.598. The SMILES string of the molecule is CCOC(=O)CSCc1ccc(C(=O)OC)c(F)c1. The van der Waals surface area contributed by atoms with E-state index >= 15 is 0 Å². The Bertz CT molecular complexity index is 462. The molecule has 1 aromatic rings. The number of carbonyl (C=O) groups excluding carboxylic acids is 2. The Morgan fingerprint density at radius 2 is 2.11 bits per heavy atom. The standard InChI is InChI=1S/C13H15FO4S/c1-3-18-12(15)8-19-7-9-4-5-10(11(14)6-9)13(16)17-2/h4-6H,3,7-8H2,1-2H3. The van der Waals surface area contributed by atoms with Crippen LogP contribution in [-0.2, 0) is 20.0 Å². The summed E-state index contributed by atoms with van der Waals surface area (Å²) in [4.78, 5) is 22.3. The number of ether oxygens (including phenoxy) is 2. The number of benzene rings is 1. The zero-order chi connectivity index (χ0) is 14.3. The van der Waals surface area contributed by atoms with Gasteiger partial charge in [-0.3, -0.25) is 4.79 Å². The lowest BCUT2D eigenvalue weighted by atomic mass is 10.1. The number of esters is 2. The van der Waals surface area contributed by atoms with Crippen molar-refractivity contribution in [1.82, 2.24) is 0 Å². The summed E-state index contributed by atoms with van der Waals surface area (Å²) in [6, 6.07) is 4.28. The molecule has 0 saturated carbocycles. The Hall–Kier alpha value is -1.56. The second-order valence-corrected chi connectivity index (χ2v) is 4.59. The van der Waals surface area contributed by atoms with Crippen LogP contribution in [0.25, 0.3) is 0 Å². The molecule has 1 rings (SSSR count). The number of carbonyl (C=O) groups is 2. The van der Waals surface area contributed by atoms with Crippen LogP contribution in [0.4, 0.5) is 4.39 Å². The van der Waals surface area contributed by atoms with Gasteiger partial charge in [0.1, 0.15) is 5.82 Å². The summed E-state index contributed by atoms with van der Waals surface area (Å²) < 4.78 is 22.8. The first-order chi connectivity index (χ1) is 9.08. The van der Waals surface area contributed by atoms with Crippen LogP contribution in [0.3, 0.4) is 0 Å². The fourth-order valence-corrected chi connectivity index (χ4v) is 2.15. The molecule has 0 aromatic heterocycles. The Morgan fingerprint density at radius 1 is 1.37 bits per heavy atom. The molecule has 0 fully saturated rings. The molecule has 0 saturated heterocycles. The fraction of sp³-hybridized carbons (Fsp3) is 0.385. The van der Waals surface area contributed by atoms with Gasteiger partial charge in [0.15, 0.2) is 0 Å². The van der Waals surface area contributed by atoms with Crippen LogP contribution in [0.15, 0.2) is 18.2 Å². The van der Waals surface area contributed by atoms with Gasteiger partial charge < -0.3 is 9.47 Å². The topological polar surface area (TPSA) is 52.6 Å². The normalized spacial score (nSPS) is 10.1. The third-order valence-electron chi connectivity index (χ3n) is 2.23. The zero-order valence-corrected chi connectivity index (χ0v) is 11.6. The van der Waals surface area contributed by atoms with Crippen LogP contribution in [0.5, 0.6) is 0 Å². The molecule has 0 spiro atoms. The monoisotopic (exact) mass is 286 g/mol. The highest BCUT2D eigenvalue weighted by molar-refractivity contribution is 7.99. The van der Waals surface area contributed by atoms with E-state index in [1.54, 1.807) is 13.0 Å². The van der Waals surface area contributed by atoms with E-state index in [0.29, 0.717) is 17.9 Å². The van der Waals surface area contributed by atoms with Crippen molar-refractivity contribution in [1.29, 1.82) is 0 Å². The molecule has 104 valence electrons. The van der Waals surface area contributed by atoms with Crippen molar-refractivity contribution >= 4 is 23.7 Å². The first-order valence-electron chi connectivity index (χ1n) is 5.68. The van der Waals surface area contributed by atoms with Gasteiger partial charge in [0, 0.05) is 5.75 Å². The van der Waals surface area contributed by atoms with Gasteiger partial charge >= 0.3 is 11.9 Å². The quantitative estimate of drug-likeness (QED) is 0.752. The van der Waals surface area contributed by atoms with E-state index in [0.717, 1.165) is 0 Å². The van der Waals surface area contributed by atoms with Crippen molar-refractivity contribution in [3.8, 4) is 0 Å². The maximum absolute atomic E-state index is 13.6. The first-order valence-corrected chi connectivity index (χ1v) is 6.84. The lowest BCUT2D eigenvalue weighted by Crippen LogP contribution is -2.07.